The molecule has 3 heterocycles. The summed E-state index contributed by atoms with van der Waals surface area (Å²) in [6, 6.07) is 11.9. The number of H-pyrrole nitrogens is 1. The third kappa shape index (κ3) is 5.24. The summed E-state index contributed by atoms with van der Waals surface area (Å²) in [5, 5.41) is 24.2. The molecule has 3 aromatic heterocycles. The van der Waals surface area contributed by atoms with Crippen molar-refractivity contribution >= 4 is 35.3 Å². The molecule has 0 radical (unpaired) electrons. The summed E-state index contributed by atoms with van der Waals surface area (Å²) < 4.78 is 5.32. The van der Waals surface area contributed by atoms with Crippen LogP contribution in [0.1, 0.15) is 16.8 Å². The zero-order chi connectivity index (χ0) is 22.3. The van der Waals surface area contributed by atoms with Crippen LogP contribution in [0.5, 0.6) is 0 Å². The molecule has 4 rings (SSSR count). The number of hydrogen-bond donors (Lipinski definition) is 5. The summed E-state index contributed by atoms with van der Waals surface area (Å²) in [5.41, 5.74) is 1.77. The molecule has 5 N–H and O–H groups in total. The van der Waals surface area contributed by atoms with E-state index in [2.05, 4.69) is 41.1 Å². The van der Waals surface area contributed by atoms with Gasteiger partial charge in [-0.25, -0.2) is 9.97 Å². The van der Waals surface area contributed by atoms with Gasteiger partial charge in [-0.3, -0.25) is 14.7 Å². The fraction of sp³-hybridized carbons (Fsp3) is 0.100. The number of benzene rings is 1. The van der Waals surface area contributed by atoms with Crippen molar-refractivity contribution in [2.45, 2.75) is 6.42 Å². The Bertz CT molecular complexity index is 1200. The lowest BCUT2D eigenvalue weighted by atomic mass is 10.2. The van der Waals surface area contributed by atoms with Gasteiger partial charge in [0.25, 0.3) is 5.91 Å². The third-order valence-corrected chi connectivity index (χ3v) is 4.20. The van der Waals surface area contributed by atoms with Crippen LogP contribution in [0.15, 0.2) is 59.5 Å². The van der Waals surface area contributed by atoms with E-state index in [-0.39, 0.29) is 24.8 Å². The Morgan fingerprint density at radius 2 is 1.84 bits per heavy atom. The van der Waals surface area contributed by atoms with E-state index in [1.54, 1.807) is 42.7 Å². The van der Waals surface area contributed by atoms with Crippen molar-refractivity contribution in [2.24, 2.45) is 0 Å². The van der Waals surface area contributed by atoms with Crippen molar-refractivity contribution < 1.29 is 19.1 Å². The SMILES string of the molecule is O=C(O)CCNC(=O)c1ccc(Nc2ncnc(Nc3cc(-c4ccco4)[nH]n3)n2)cc1. The van der Waals surface area contributed by atoms with Crippen molar-refractivity contribution in [2.75, 3.05) is 17.2 Å². The molecule has 12 heteroatoms. The van der Waals surface area contributed by atoms with E-state index >= 15 is 0 Å². The van der Waals surface area contributed by atoms with Crippen molar-refractivity contribution in [1.29, 1.82) is 0 Å². The number of rotatable bonds is 9. The lowest BCUT2D eigenvalue weighted by molar-refractivity contribution is -0.136. The van der Waals surface area contributed by atoms with Crippen molar-refractivity contribution in [1.82, 2.24) is 30.5 Å². The van der Waals surface area contributed by atoms with Gasteiger partial charge in [0.15, 0.2) is 11.6 Å². The molecule has 12 nitrogen and oxygen atoms in total. The van der Waals surface area contributed by atoms with Crippen LogP contribution in [-0.4, -0.2) is 48.7 Å². The molecule has 1 amide bonds. The lowest BCUT2D eigenvalue weighted by Crippen LogP contribution is -2.25. The number of aromatic nitrogens is 5. The highest BCUT2D eigenvalue weighted by Crippen LogP contribution is 2.21. The van der Waals surface area contributed by atoms with Gasteiger partial charge in [0.1, 0.15) is 12.0 Å². The first-order valence-electron chi connectivity index (χ1n) is 9.49. The number of furan rings is 1. The number of aromatic amines is 1. The number of nitrogens with zero attached hydrogens (tertiary/aromatic N) is 4. The summed E-state index contributed by atoms with van der Waals surface area (Å²) in [4.78, 5) is 35.0. The fourth-order valence-corrected chi connectivity index (χ4v) is 2.69. The number of aliphatic carboxylic acids is 1. The Morgan fingerprint density at radius 1 is 1.06 bits per heavy atom. The van der Waals surface area contributed by atoms with E-state index in [9.17, 15) is 9.59 Å². The number of carbonyl (C=O) groups is 2. The number of anilines is 4. The predicted octanol–water partition coefficient (Wildman–Crippen LogP) is 2.55. The van der Waals surface area contributed by atoms with Crippen LogP contribution in [0.3, 0.4) is 0 Å². The maximum absolute atomic E-state index is 12.0. The number of nitrogens with one attached hydrogen (secondary N) is 4. The number of amides is 1. The molecule has 0 atom stereocenters. The first-order valence-corrected chi connectivity index (χ1v) is 9.49. The topological polar surface area (TPSA) is 171 Å². The smallest absolute Gasteiger partial charge is 0.305 e. The quantitative estimate of drug-likeness (QED) is 0.264. The van der Waals surface area contributed by atoms with Gasteiger partial charge in [-0.2, -0.15) is 10.1 Å². The van der Waals surface area contributed by atoms with E-state index in [4.69, 9.17) is 9.52 Å². The molecule has 32 heavy (non-hydrogen) atoms. The molecule has 0 fully saturated rings. The van der Waals surface area contributed by atoms with Crippen LogP contribution in [0.25, 0.3) is 11.5 Å². The Labute approximate surface area is 181 Å². The molecule has 0 saturated carbocycles. The maximum Gasteiger partial charge on any atom is 0.305 e. The maximum atomic E-state index is 12.0. The number of carboxylic acid groups (broad SMARTS) is 1. The highest BCUT2D eigenvalue weighted by molar-refractivity contribution is 5.94. The summed E-state index contributed by atoms with van der Waals surface area (Å²) in [6.45, 7) is 0.0633. The van der Waals surface area contributed by atoms with Gasteiger partial charge in [0, 0.05) is 23.9 Å². The first kappa shape index (κ1) is 20.5. The number of hydrogen-bond acceptors (Lipinski definition) is 9. The zero-order valence-corrected chi connectivity index (χ0v) is 16.6. The largest absolute Gasteiger partial charge is 0.481 e. The van der Waals surface area contributed by atoms with Gasteiger partial charge in [-0.1, -0.05) is 0 Å². The molecule has 0 aliphatic heterocycles. The van der Waals surface area contributed by atoms with Crippen LogP contribution in [0.2, 0.25) is 0 Å². The standard InChI is InChI=1S/C20H18N8O4/c29-17(30)7-8-21-18(31)12-3-5-13(6-4-12)24-19-22-11-23-20(26-19)25-16-10-14(27-28-16)15-2-1-9-32-15/h1-6,9-11H,7-8H2,(H,21,31)(H,29,30)(H3,22,23,24,25,26,27,28). The van der Waals surface area contributed by atoms with E-state index in [0.717, 1.165) is 0 Å². The second-order valence-corrected chi connectivity index (χ2v) is 6.50. The normalized spacial score (nSPS) is 10.5. The van der Waals surface area contributed by atoms with Gasteiger partial charge in [0.05, 0.1) is 12.7 Å². The van der Waals surface area contributed by atoms with Crippen molar-refractivity contribution in [3.05, 3.63) is 60.6 Å². The average Bonchev–Trinajstić information content (AvgIpc) is 3.46. The van der Waals surface area contributed by atoms with Crippen LogP contribution in [-0.2, 0) is 4.79 Å². The summed E-state index contributed by atoms with van der Waals surface area (Å²) in [5.74, 6) is 0.422. The van der Waals surface area contributed by atoms with E-state index in [0.29, 0.717) is 34.5 Å². The molecule has 0 saturated heterocycles. The Kier molecular flexibility index (Phi) is 6.02. The van der Waals surface area contributed by atoms with Crippen LogP contribution in [0.4, 0.5) is 23.4 Å². The predicted molar refractivity (Wildman–Crippen MR) is 114 cm³/mol. The van der Waals surface area contributed by atoms with Gasteiger partial charge in [-0.05, 0) is 36.4 Å². The fourth-order valence-electron chi connectivity index (χ4n) is 2.69. The minimum absolute atomic E-state index is 0.0633. The Hall–Kier alpha value is -4.74. The summed E-state index contributed by atoms with van der Waals surface area (Å²) >= 11 is 0. The molecule has 0 unspecified atom stereocenters. The van der Waals surface area contributed by atoms with E-state index in [1.807, 2.05) is 6.07 Å². The van der Waals surface area contributed by atoms with Gasteiger partial charge < -0.3 is 25.5 Å². The zero-order valence-electron chi connectivity index (χ0n) is 16.6. The molecule has 0 aliphatic carbocycles. The van der Waals surface area contributed by atoms with Gasteiger partial charge in [0.2, 0.25) is 11.9 Å². The second-order valence-electron chi connectivity index (χ2n) is 6.50. The van der Waals surface area contributed by atoms with Crippen LogP contribution >= 0.6 is 0 Å². The van der Waals surface area contributed by atoms with Gasteiger partial charge in [-0.15, -0.1) is 0 Å². The van der Waals surface area contributed by atoms with Crippen LogP contribution < -0.4 is 16.0 Å². The monoisotopic (exact) mass is 434 g/mol. The number of carboxylic acids is 1. The average molecular weight is 434 g/mol. The lowest BCUT2D eigenvalue weighted by Gasteiger charge is -2.07. The molecular weight excluding hydrogens is 416 g/mol. The Balaban J connectivity index is 1.36. The summed E-state index contributed by atoms with van der Waals surface area (Å²) in [7, 11) is 0. The summed E-state index contributed by atoms with van der Waals surface area (Å²) in [6.07, 6.45) is 2.79. The van der Waals surface area contributed by atoms with E-state index < -0.39 is 5.97 Å². The molecule has 0 bridgehead atoms. The second kappa shape index (κ2) is 9.38. The number of carbonyl (C=O) groups excluding carboxylic acids is 1. The Morgan fingerprint density at radius 3 is 2.56 bits per heavy atom. The highest BCUT2D eigenvalue weighted by atomic mass is 16.4. The van der Waals surface area contributed by atoms with Crippen molar-refractivity contribution in [3.63, 3.8) is 0 Å². The molecule has 0 aliphatic rings. The molecular formula is C20H18N8O4. The third-order valence-electron chi connectivity index (χ3n) is 4.20. The van der Waals surface area contributed by atoms with Gasteiger partial charge >= 0.3 is 5.97 Å². The first-order chi connectivity index (χ1) is 15.6. The minimum Gasteiger partial charge on any atom is -0.481 e. The van der Waals surface area contributed by atoms with Crippen LogP contribution in [0, 0.1) is 0 Å². The highest BCUT2D eigenvalue weighted by Gasteiger charge is 2.09. The van der Waals surface area contributed by atoms with Crippen molar-refractivity contribution in [3.8, 4) is 11.5 Å². The molecule has 1 aromatic carbocycles. The minimum atomic E-state index is -0.971. The van der Waals surface area contributed by atoms with E-state index in [1.165, 1.54) is 6.33 Å². The molecule has 0 spiro atoms. The molecule has 162 valence electrons. The molecule has 4 aromatic rings.